The van der Waals surface area contributed by atoms with Gasteiger partial charge >= 0.3 is 5.69 Å². The Bertz CT molecular complexity index is 1380. The van der Waals surface area contributed by atoms with Crippen molar-refractivity contribution in [2.45, 2.75) is 19.9 Å². The van der Waals surface area contributed by atoms with Crippen molar-refractivity contribution < 1.29 is 4.79 Å². The zero-order chi connectivity index (χ0) is 22.1. The number of nitrogens with zero attached hydrogens (tertiary/aromatic N) is 3. The molecular weight excluding hydrogens is 392 g/mol. The van der Waals surface area contributed by atoms with Crippen molar-refractivity contribution in [3.63, 3.8) is 0 Å². The van der Waals surface area contributed by atoms with Crippen LogP contribution < -0.4 is 16.6 Å². The Morgan fingerprint density at radius 3 is 2.23 bits per heavy atom. The first-order chi connectivity index (χ1) is 14.9. The number of benzene rings is 2. The maximum atomic E-state index is 13.2. The molecule has 31 heavy (non-hydrogen) atoms. The second-order valence-electron chi connectivity index (χ2n) is 7.55. The lowest BCUT2D eigenvalue weighted by Crippen LogP contribution is -2.37. The molecule has 0 fully saturated rings. The Morgan fingerprint density at radius 1 is 0.903 bits per heavy atom. The van der Waals surface area contributed by atoms with Crippen LogP contribution in [-0.4, -0.2) is 19.6 Å². The van der Waals surface area contributed by atoms with Gasteiger partial charge in [-0.3, -0.25) is 18.7 Å². The van der Waals surface area contributed by atoms with Crippen LogP contribution in [0.3, 0.4) is 0 Å². The molecule has 0 bridgehead atoms. The molecule has 4 aromatic rings. The summed E-state index contributed by atoms with van der Waals surface area (Å²) >= 11 is 0. The van der Waals surface area contributed by atoms with E-state index in [4.69, 9.17) is 0 Å². The highest BCUT2D eigenvalue weighted by molar-refractivity contribution is 6.06. The van der Waals surface area contributed by atoms with Gasteiger partial charge in [-0.25, -0.2) is 4.79 Å². The molecule has 0 saturated carbocycles. The number of fused-ring (bicyclic) bond motifs is 1. The van der Waals surface area contributed by atoms with Crippen molar-refractivity contribution >= 4 is 22.6 Å². The summed E-state index contributed by atoms with van der Waals surface area (Å²) in [7, 11) is 3.05. The third-order valence-corrected chi connectivity index (χ3v) is 5.53. The summed E-state index contributed by atoms with van der Waals surface area (Å²) in [6, 6.07) is 18.8. The number of anilines is 1. The first-order valence-electron chi connectivity index (χ1n) is 10.1. The van der Waals surface area contributed by atoms with E-state index in [2.05, 4.69) is 12.2 Å². The van der Waals surface area contributed by atoms with E-state index in [1.807, 2.05) is 54.6 Å². The highest BCUT2D eigenvalue weighted by atomic mass is 16.2. The van der Waals surface area contributed by atoms with Crippen LogP contribution in [0.2, 0.25) is 0 Å². The molecule has 1 N–H and O–H groups in total. The summed E-state index contributed by atoms with van der Waals surface area (Å²) in [5.74, 6) is -0.342. The molecule has 0 aliphatic heterocycles. The number of aryl methyl sites for hydroxylation is 2. The number of carbonyl (C=O) groups excluding carboxylic acids is 1. The van der Waals surface area contributed by atoms with Gasteiger partial charge in [-0.05, 0) is 35.7 Å². The van der Waals surface area contributed by atoms with Gasteiger partial charge in [-0.2, -0.15) is 0 Å². The third-order valence-electron chi connectivity index (χ3n) is 5.53. The van der Waals surface area contributed by atoms with Crippen molar-refractivity contribution in [1.29, 1.82) is 0 Å². The van der Waals surface area contributed by atoms with Crippen LogP contribution in [0.1, 0.15) is 28.5 Å². The van der Waals surface area contributed by atoms with Crippen LogP contribution in [0.5, 0.6) is 0 Å². The van der Waals surface area contributed by atoms with Gasteiger partial charge in [-0.15, -0.1) is 0 Å². The van der Waals surface area contributed by atoms with E-state index in [1.54, 1.807) is 17.7 Å². The summed E-state index contributed by atoms with van der Waals surface area (Å²) in [5, 5.41) is 3.23. The van der Waals surface area contributed by atoms with Crippen LogP contribution in [0.25, 0.3) is 11.0 Å². The molecule has 7 nitrogen and oxygen atoms in total. The molecule has 0 aliphatic rings. The average Bonchev–Trinajstić information content (AvgIpc) is 3.17. The lowest BCUT2D eigenvalue weighted by molar-refractivity contribution is 0.101. The maximum absolute atomic E-state index is 13.2. The molecule has 2 aromatic carbocycles. The fraction of sp³-hybridized carbons (Fsp3) is 0.208. The fourth-order valence-corrected chi connectivity index (χ4v) is 3.77. The van der Waals surface area contributed by atoms with Crippen LogP contribution in [-0.2, 0) is 27.1 Å². The molecule has 0 saturated heterocycles. The lowest BCUT2D eigenvalue weighted by atomic mass is 10.1. The molecule has 1 amide bonds. The van der Waals surface area contributed by atoms with Crippen LogP contribution in [0, 0.1) is 0 Å². The summed E-state index contributed by atoms with van der Waals surface area (Å²) in [4.78, 5) is 38.5. The average molecular weight is 416 g/mol. The van der Waals surface area contributed by atoms with E-state index < -0.39 is 11.2 Å². The van der Waals surface area contributed by atoms with Crippen molar-refractivity contribution in [2.24, 2.45) is 14.1 Å². The Labute approximate surface area is 179 Å². The SMILES string of the molecule is CCc1ccc(NC(=O)c2cc3c(=O)n(C)c(=O)n(C)c3n2Cc2ccccc2)cc1. The zero-order valence-corrected chi connectivity index (χ0v) is 17.8. The minimum absolute atomic E-state index is 0.316. The standard InChI is InChI=1S/C24H24N4O3/c1-4-16-10-12-18(13-11-16)25-21(29)20-14-19-22(26(2)24(31)27(3)23(19)30)28(20)15-17-8-6-5-7-9-17/h5-14H,4,15H2,1-3H3,(H,25,29). The summed E-state index contributed by atoms with van der Waals surface area (Å²) in [6.45, 7) is 2.42. The minimum Gasteiger partial charge on any atom is -0.321 e. The molecule has 0 aliphatic carbocycles. The minimum atomic E-state index is -0.438. The Balaban J connectivity index is 1.86. The monoisotopic (exact) mass is 416 g/mol. The second kappa shape index (κ2) is 8.10. The van der Waals surface area contributed by atoms with Crippen molar-refractivity contribution in [2.75, 3.05) is 5.32 Å². The molecule has 2 aromatic heterocycles. The molecule has 2 heterocycles. The van der Waals surface area contributed by atoms with Gasteiger partial charge in [0, 0.05) is 26.3 Å². The van der Waals surface area contributed by atoms with Gasteiger partial charge in [0.15, 0.2) is 0 Å². The fourth-order valence-electron chi connectivity index (χ4n) is 3.77. The van der Waals surface area contributed by atoms with E-state index in [0.717, 1.165) is 16.6 Å². The van der Waals surface area contributed by atoms with E-state index in [1.165, 1.54) is 17.2 Å². The Kier molecular flexibility index (Phi) is 5.33. The predicted octanol–water partition coefficient (Wildman–Crippen LogP) is 2.90. The number of aromatic nitrogens is 3. The first-order valence-corrected chi connectivity index (χ1v) is 10.1. The predicted molar refractivity (Wildman–Crippen MR) is 122 cm³/mol. The number of hydrogen-bond acceptors (Lipinski definition) is 3. The summed E-state index contributed by atoms with van der Waals surface area (Å²) < 4.78 is 4.19. The van der Waals surface area contributed by atoms with E-state index >= 15 is 0 Å². The smallest absolute Gasteiger partial charge is 0.321 e. The number of amides is 1. The van der Waals surface area contributed by atoms with E-state index in [0.29, 0.717) is 29.0 Å². The number of nitrogens with one attached hydrogen (secondary N) is 1. The van der Waals surface area contributed by atoms with Crippen LogP contribution >= 0.6 is 0 Å². The largest absolute Gasteiger partial charge is 0.332 e. The van der Waals surface area contributed by atoms with Crippen LogP contribution in [0.15, 0.2) is 70.3 Å². The molecule has 0 radical (unpaired) electrons. The summed E-state index contributed by atoms with van der Waals surface area (Å²) in [5.41, 5.74) is 2.67. The van der Waals surface area contributed by atoms with Gasteiger partial charge < -0.3 is 9.88 Å². The molecule has 4 rings (SSSR count). The number of hydrogen-bond donors (Lipinski definition) is 1. The second-order valence-corrected chi connectivity index (χ2v) is 7.55. The number of rotatable bonds is 5. The molecular formula is C24H24N4O3. The molecule has 0 unspecified atom stereocenters. The topological polar surface area (TPSA) is 78.0 Å². The van der Waals surface area contributed by atoms with Crippen molar-refractivity contribution in [3.05, 3.63) is 98.3 Å². The summed E-state index contributed by atoms with van der Waals surface area (Å²) in [6.07, 6.45) is 0.914. The first kappa shape index (κ1) is 20.4. The molecule has 7 heteroatoms. The van der Waals surface area contributed by atoms with E-state index in [9.17, 15) is 14.4 Å². The van der Waals surface area contributed by atoms with E-state index in [-0.39, 0.29) is 5.91 Å². The third kappa shape index (κ3) is 3.70. The van der Waals surface area contributed by atoms with Gasteiger partial charge in [0.2, 0.25) is 0 Å². The van der Waals surface area contributed by atoms with Crippen molar-refractivity contribution in [3.8, 4) is 0 Å². The molecule has 0 spiro atoms. The highest BCUT2D eigenvalue weighted by Gasteiger charge is 2.21. The van der Waals surface area contributed by atoms with Gasteiger partial charge in [0.25, 0.3) is 11.5 Å². The maximum Gasteiger partial charge on any atom is 0.332 e. The Hall–Kier alpha value is -3.87. The van der Waals surface area contributed by atoms with Crippen LogP contribution in [0.4, 0.5) is 5.69 Å². The lowest BCUT2D eigenvalue weighted by Gasteiger charge is -2.13. The number of carbonyl (C=O) groups is 1. The Morgan fingerprint density at radius 2 is 1.58 bits per heavy atom. The quantitative estimate of drug-likeness (QED) is 0.543. The molecule has 0 atom stereocenters. The zero-order valence-electron chi connectivity index (χ0n) is 17.8. The van der Waals surface area contributed by atoms with Crippen molar-refractivity contribution in [1.82, 2.24) is 13.7 Å². The normalized spacial score (nSPS) is 11.1. The molecule has 158 valence electrons. The van der Waals surface area contributed by atoms with Gasteiger partial charge in [0.05, 0.1) is 5.39 Å². The van der Waals surface area contributed by atoms with Gasteiger partial charge in [-0.1, -0.05) is 49.4 Å². The highest BCUT2D eigenvalue weighted by Crippen LogP contribution is 2.20. The van der Waals surface area contributed by atoms with Gasteiger partial charge in [0.1, 0.15) is 11.3 Å².